The molecule has 0 spiro atoms. The quantitative estimate of drug-likeness (QED) is 0.564. The van der Waals surface area contributed by atoms with Crippen molar-refractivity contribution in [1.82, 2.24) is 19.5 Å². The Morgan fingerprint density at radius 1 is 1.22 bits per heavy atom. The summed E-state index contributed by atoms with van der Waals surface area (Å²) in [6, 6.07) is 12.0. The molecule has 0 fully saturated rings. The van der Waals surface area contributed by atoms with E-state index in [0.717, 1.165) is 28.2 Å². The monoisotopic (exact) mass is 362 g/mol. The van der Waals surface area contributed by atoms with E-state index in [1.165, 1.54) is 0 Å². The molecule has 7 heteroatoms. The fourth-order valence-corrected chi connectivity index (χ4v) is 2.86. The Labute approximate surface area is 157 Å². The molecule has 3 N–H and O–H groups in total. The second-order valence-corrected chi connectivity index (χ2v) is 7.21. The summed E-state index contributed by atoms with van der Waals surface area (Å²) in [4.78, 5) is 8.85. The van der Waals surface area contributed by atoms with Crippen LogP contribution < -0.4 is 11.1 Å². The summed E-state index contributed by atoms with van der Waals surface area (Å²) in [5.74, 6) is 0.944. The Morgan fingerprint density at radius 3 is 2.85 bits per heavy atom. The van der Waals surface area contributed by atoms with Gasteiger partial charge in [0.15, 0.2) is 0 Å². The molecular weight excluding hydrogens is 340 g/mol. The van der Waals surface area contributed by atoms with E-state index >= 15 is 0 Å². The zero-order valence-corrected chi connectivity index (χ0v) is 15.6. The standard InChI is InChI=1S/C20H22N6O/c1-13-7-8-14(18-24-19(27-25-18)20(2,3)21)10-16(13)22-11-15-12-23-17-6-4-5-9-26(15)17/h4-10,12,22H,11,21H2,1-3H3. The lowest BCUT2D eigenvalue weighted by Crippen LogP contribution is -2.28. The van der Waals surface area contributed by atoms with Gasteiger partial charge in [0.1, 0.15) is 5.65 Å². The maximum Gasteiger partial charge on any atom is 0.246 e. The molecular formula is C20H22N6O. The average Bonchev–Trinajstić information content (AvgIpc) is 3.28. The van der Waals surface area contributed by atoms with Crippen LogP contribution in [0.15, 0.2) is 53.3 Å². The zero-order chi connectivity index (χ0) is 19.0. The number of fused-ring (bicyclic) bond motifs is 1. The molecule has 1 aromatic carbocycles. The van der Waals surface area contributed by atoms with Gasteiger partial charge in [0.05, 0.1) is 24.0 Å². The van der Waals surface area contributed by atoms with E-state index in [9.17, 15) is 0 Å². The predicted octanol–water partition coefficient (Wildman–Crippen LogP) is 3.50. The summed E-state index contributed by atoms with van der Waals surface area (Å²) in [5, 5.41) is 7.55. The van der Waals surface area contributed by atoms with Crippen molar-refractivity contribution in [2.45, 2.75) is 32.9 Å². The highest BCUT2D eigenvalue weighted by Gasteiger charge is 2.22. The van der Waals surface area contributed by atoms with Crippen LogP contribution in [0.25, 0.3) is 17.0 Å². The van der Waals surface area contributed by atoms with Gasteiger partial charge in [-0.25, -0.2) is 4.98 Å². The van der Waals surface area contributed by atoms with Crippen LogP contribution in [0.1, 0.15) is 31.0 Å². The van der Waals surface area contributed by atoms with E-state index in [-0.39, 0.29) is 0 Å². The molecule has 0 aliphatic rings. The Balaban J connectivity index is 1.58. The molecule has 27 heavy (non-hydrogen) atoms. The summed E-state index contributed by atoms with van der Waals surface area (Å²) in [7, 11) is 0. The first-order valence-corrected chi connectivity index (χ1v) is 8.81. The minimum atomic E-state index is -0.667. The van der Waals surface area contributed by atoms with Crippen molar-refractivity contribution in [3.8, 4) is 11.4 Å². The molecule has 0 unspecified atom stereocenters. The molecule has 0 saturated heterocycles. The van der Waals surface area contributed by atoms with E-state index in [0.29, 0.717) is 18.3 Å². The van der Waals surface area contributed by atoms with E-state index in [2.05, 4.69) is 31.8 Å². The molecule has 0 aliphatic carbocycles. The zero-order valence-electron chi connectivity index (χ0n) is 15.6. The second kappa shape index (κ2) is 6.51. The van der Waals surface area contributed by atoms with E-state index < -0.39 is 5.54 Å². The topological polar surface area (TPSA) is 94.3 Å². The Kier molecular flexibility index (Phi) is 4.16. The number of imidazole rings is 1. The molecule has 0 radical (unpaired) electrons. The number of hydrogen-bond acceptors (Lipinski definition) is 6. The Morgan fingerprint density at radius 2 is 2.07 bits per heavy atom. The van der Waals surface area contributed by atoms with Crippen molar-refractivity contribution in [1.29, 1.82) is 0 Å². The third-order valence-corrected chi connectivity index (χ3v) is 4.43. The normalized spacial score (nSPS) is 11.9. The minimum absolute atomic E-state index is 0.415. The maximum atomic E-state index is 6.03. The number of aryl methyl sites for hydroxylation is 1. The van der Waals surface area contributed by atoms with Gasteiger partial charge in [-0.15, -0.1) is 0 Å². The van der Waals surface area contributed by atoms with Gasteiger partial charge < -0.3 is 20.0 Å². The second-order valence-electron chi connectivity index (χ2n) is 7.21. The molecule has 0 aliphatic heterocycles. The van der Waals surface area contributed by atoms with Gasteiger partial charge in [0, 0.05) is 17.4 Å². The van der Waals surface area contributed by atoms with Crippen molar-refractivity contribution < 1.29 is 4.52 Å². The number of aromatic nitrogens is 4. The SMILES string of the molecule is Cc1ccc(-c2noc(C(C)(C)N)n2)cc1NCc1cnc2ccccn12. The lowest BCUT2D eigenvalue weighted by atomic mass is 10.1. The summed E-state index contributed by atoms with van der Waals surface area (Å²) >= 11 is 0. The minimum Gasteiger partial charge on any atom is -0.379 e. The van der Waals surface area contributed by atoms with Crippen molar-refractivity contribution in [3.63, 3.8) is 0 Å². The number of nitrogens with two attached hydrogens (primary N) is 1. The molecule has 3 aromatic heterocycles. The van der Waals surface area contributed by atoms with Gasteiger partial charge in [0.25, 0.3) is 0 Å². The summed E-state index contributed by atoms with van der Waals surface area (Å²) < 4.78 is 7.37. The number of pyridine rings is 1. The molecule has 3 heterocycles. The predicted molar refractivity (Wildman–Crippen MR) is 104 cm³/mol. The highest BCUT2D eigenvalue weighted by Crippen LogP contribution is 2.25. The van der Waals surface area contributed by atoms with Crippen molar-refractivity contribution in [3.05, 3.63) is 65.9 Å². The van der Waals surface area contributed by atoms with Crippen LogP contribution in [0.5, 0.6) is 0 Å². The van der Waals surface area contributed by atoms with Crippen molar-refractivity contribution in [2.24, 2.45) is 5.73 Å². The van der Waals surface area contributed by atoms with Gasteiger partial charge in [0.2, 0.25) is 11.7 Å². The van der Waals surface area contributed by atoms with Crippen LogP contribution >= 0.6 is 0 Å². The first-order chi connectivity index (χ1) is 12.9. The molecule has 0 amide bonds. The van der Waals surface area contributed by atoms with Crippen LogP contribution in [-0.4, -0.2) is 19.5 Å². The van der Waals surface area contributed by atoms with Crippen LogP contribution in [-0.2, 0) is 12.1 Å². The first kappa shape index (κ1) is 17.2. The summed E-state index contributed by atoms with van der Waals surface area (Å²) in [6.07, 6.45) is 3.90. The van der Waals surface area contributed by atoms with E-state index in [1.54, 1.807) is 0 Å². The third kappa shape index (κ3) is 3.41. The number of nitrogens with one attached hydrogen (secondary N) is 1. The number of hydrogen-bond donors (Lipinski definition) is 2. The molecule has 4 aromatic rings. The molecule has 0 atom stereocenters. The fourth-order valence-electron chi connectivity index (χ4n) is 2.86. The molecule has 138 valence electrons. The number of nitrogens with zero attached hydrogens (tertiary/aromatic N) is 4. The van der Waals surface area contributed by atoms with E-state index in [4.69, 9.17) is 10.3 Å². The van der Waals surface area contributed by atoms with Gasteiger partial charge in [-0.1, -0.05) is 23.4 Å². The van der Waals surface area contributed by atoms with Crippen molar-refractivity contribution >= 4 is 11.3 Å². The largest absolute Gasteiger partial charge is 0.379 e. The van der Waals surface area contributed by atoms with Crippen LogP contribution in [0.2, 0.25) is 0 Å². The fraction of sp³-hybridized carbons (Fsp3) is 0.250. The number of anilines is 1. The van der Waals surface area contributed by atoms with Crippen molar-refractivity contribution in [2.75, 3.05) is 5.32 Å². The van der Waals surface area contributed by atoms with Crippen LogP contribution in [0, 0.1) is 6.92 Å². The van der Waals surface area contributed by atoms with E-state index in [1.807, 2.05) is 62.6 Å². The third-order valence-electron chi connectivity index (χ3n) is 4.43. The van der Waals surface area contributed by atoms with Gasteiger partial charge in [-0.2, -0.15) is 4.98 Å². The van der Waals surface area contributed by atoms with Gasteiger partial charge in [-0.3, -0.25) is 0 Å². The van der Waals surface area contributed by atoms with Crippen LogP contribution in [0.3, 0.4) is 0 Å². The molecule has 0 bridgehead atoms. The summed E-state index contributed by atoms with van der Waals surface area (Å²) in [5.41, 5.74) is 10.4. The lowest BCUT2D eigenvalue weighted by Gasteiger charge is -2.11. The molecule has 7 nitrogen and oxygen atoms in total. The first-order valence-electron chi connectivity index (χ1n) is 8.81. The van der Waals surface area contributed by atoms with Gasteiger partial charge in [-0.05, 0) is 44.5 Å². The lowest BCUT2D eigenvalue weighted by molar-refractivity contribution is 0.312. The van der Waals surface area contributed by atoms with Crippen LogP contribution in [0.4, 0.5) is 5.69 Å². The highest BCUT2D eigenvalue weighted by molar-refractivity contribution is 5.65. The number of rotatable bonds is 5. The Hall–Kier alpha value is -3.19. The molecule has 4 rings (SSSR count). The highest BCUT2D eigenvalue weighted by atomic mass is 16.5. The smallest absolute Gasteiger partial charge is 0.246 e. The summed E-state index contributed by atoms with van der Waals surface area (Å²) in [6.45, 7) is 6.39. The maximum absolute atomic E-state index is 6.03. The number of benzene rings is 1. The Bertz CT molecular complexity index is 1090. The average molecular weight is 362 g/mol. The van der Waals surface area contributed by atoms with Gasteiger partial charge >= 0.3 is 0 Å². The molecule has 0 saturated carbocycles.